The number of fused-ring (bicyclic) bond motifs is 1. The van der Waals surface area contributed by atoms with E-state index < -0.39 is 11.4 Å². The maximum atomic E-state index is 11.3. The van der Waals surface area contributed by atoms with Gasteiger partial charge in [0.1, 0.15) is 31.3 Å². The van der Waals surface area contributed by atoms with E-state index in [4.69, 9.17) is 25.7 Å². The first-order valence-electron chi connectivity index (χ1n) is 12.4. The summed E-state index contributed by atoms with van der Waals surface area (Å²) < 4.78 is 16.4. The lowest BCUT2D eigenvalue weighted by molar-refractivity contribution is -0.138. The van der Waals surface area contributed by atoms with E-state index in [9.17, 15) is 4.79 Å². The van der Waals surface area contributed by atoms with Gasteiger partial charge in [0, 0.05) is 11.6 Å². The van der Waals surface area contributed by atoms with Crippen molar-refractivity contribution in [2.24, 2.45) is 0 Å². The zero-order valence-electron chi connectivity index (χ0n) is 21.4. The summed E-state index contributed by atoms with van der Waals surface area (Å²) in [7, 11) is 0. The molecule has 0 radical (unpaired) electrons. The minimum atomic E-state index is -0.668. The minimum Gasteiger partial charge on any atom is -0.491 e. The number of benzene rings is 3. The van der Waals surface area contributed by atoms with Crippen molar-refractivity contribution in [1.29, 1.82) is 0 Å². The van der Waals surface area contributed by atoms with Crippen molar-refractivity contribution in [3.8, 4) is 23.8 Å². The molecule has 0 bridgehead atoms. The van der Waals surface area contributed by atoms with Crippen molar-refractivity contribution >= 4 is 11.5 Å². The molecule has 0 aliphatic heterocycles. The SMILES string of the molecule is C#CC1=C(/C=C\C)C(c2ccc(OCCO)cc2)(c2ccc(OCCOC(=O)C=C)cc2)c2ccccc21. The lowest BCUT2D eigenvalue weighted by Gasteiger charge is -2.35. The molecule has 0 fully saturated rings. The Morgan fingerprint density at radius 2 is 1.55 bits per heavy atom. The van der Waals surface area contributed by atoms with Crippen LogP contribution in [-0.4, -0.2) is 37.5 Å². The van der Waals surface area contributed by atoms with E-state index in [-0.39, 0.29) is 26.4 Å². The van der Waals surface area contributed by atoms with Crippen LogP contribution >= 0.6 is 0 Å². The summed E-state index contributed by atoms with van der Waals surface area (Å²) in [4.78, 5) is 11.3. The average molecular weight is 507 g/mol. The maximum Gasteiger partial charge on any atom is 0.330 e. The first kappa shape index (κ1) is 26.5. The van der Waals surface area contributed by atoms with Crippen molar-refractivity contribution in [3.63, 3.8) is 0 Å². The summed E-state index contributed by atoms with van der Waals surface area (Å²) in [6, 6.07) is 24.1. The van der Waals surface area contributed by atoms with Gasteiger partial charge < -0.3 is 19.3 Å². The molecule has 1 atom stereocenters. The molecule has 192 valence electrons. The van der Waals surface area contributed by atoms with Crippen LogP contribution in [0.5, 0.6) is 11.5 Å². The molecule has 3 aromatic carbocycles. The van der Waals surface area contributed by atoms with Crippen molar-refractivity contribution in [2.45, 2.75) is 12.3 Å². The third kappa shape index (κ3) is 5.00. The van der Waals surface area contributed by atoms with Gasteiger partial charge in [0.05, 0.1) is 12.0 Å². The Hall–Kier alpha value is -4.53. The van der Waals surface area contributed by atoms with Crippen LogP contribution in [0.1, 0.15) is 29.2 Å². The number of terminal acetylenes is 1. The topological polar surface area (TPSA) is 65.0 Å². The van der Waals surface area contributed by atoms with Gasteiger partial charge in [-0.15, -0.1) is 6.42 Å². The van der Waals surface area contributed by atoms with Crippen LogP contribution in [0.15, 0.2) is 103 Å². The first-order chi connectivity index (χ1) is 18.6. The fraction of sp³-hybridized carbons (Fsp3) is 0.182. The third-order valence-electron chi connectivity index (χ3n) is 6.45. The Labute approximate surface area is 223 Å². The van der Waals surface area contributed by atoms with Gasteiger partial charge in [-0.3, -0.25) is 0 Å². The molecule has 0 aromatic heterocycles. The molecule has 4 rings (SSSR count). The number of allylic oxidation sites excluding steroid dienone is 4. The lowest BCUT2D eigenvalue weighted by atomic mass is 9.66. The summed E-state index contributed by atoms with van der Waals surface area (Å²) >= 11 is 0. The average Bonchev–Trinajstić information content (AvgIpc) is 3.24. The molecular formula is C33H30O5. The Balaban J connectivity index is 1.81. The Kier molecular flexibility index (Phi) is 8.47. The molecule has 0 saturated carbocycles. The normalized spacial score (nSPS) is 16.1. The second-order valence-electron chi connectivity index (χ2n) is 8.57. The van der Waals surface area contributed by atoms with Crippen molar-refractivity contribution in [1.82, 2.24) is 0 Å². The number of aliphatic hydroxyl groups is 1. The molecule has 0 spiro atoms. The summed E-state index contributed by atoms with van der Waals surface area (Å²) in [6.45, 7) is 5.91. The Morgan fingerprint density at radius 3 is 2.11 bits per heavy atom. The van der Waals surface area contributed by atoms with Gasteiger partial charge in [-0.25, -0.2) is 4.79 Å². The molecular weight excluding hydrogens is 476 g/mol. The number of carbonyl (C=O) groups is 1. The van der Waals surface area contributed by atoms with Crippen molar-refractivity contribution < 1.29 is 24.1 Å². The summed E-state index contributed by atoms with van der Waals surface area (Å²) in [6.07, 6.45) is 11.3. The van der Waals surface area contributed by atoms with E-state index in [0.29, 0.717) is 11.5 Å². The largest absolute Gasteiger partial charge is 0.491 e. The number of carbonyl (C=O) groups excluding carboxylic acids is 1. The van der Waals surface area contributed by atoms with Gasteiger partial charge >= 0.3 is 5.97 Å². The highest BCUT2D eigenvalue weighted by Crippen LogP contribution is 2.55. The van der Waals surface area contributed by atoms with Crippen LogP contribution in [0.4, 0.5) is 0 Å². The van der Waals surface area contributed by atoms with Gasteiger partial charge in [-0.05, 0) is 59.0 Å². The molecule has 3 aromatic rings. The van der Waals surface area contributed by atoms with Gasteiger partial charge in [0.2, 0.25) is 0 Å². The van der Waals surface area contributed by atoms with Gasteiger partial charge in [-0.1, -0.05) is 73.2 Å². The zero-order chi connectivity index (χ0) is 27.0. The molecule has 5 heteroatoms. The number of ether oxygens (including phenoxy) is 3. The number of aliphatic hydroxyl groups excluding tert-OH is 1. The van der Waals surface area contributed by atoms with E-state index >= 15 is 0 Å². The fourth-order valence-corrected chi connectivity index (χ4v) is 4.95. The van der Waals surface area contributed by atoms with E-state index in [1.54, 1.807) is 0 Å². The number of esters is 1. The van der Waals surface area contributed by atoms with Gasteiger partial charge in [0.15, 0.2) is 0 Å². The highest BCUT2D eigenvalue weighted by molar-refractivity contribution is 5.94. The first-order valence-corrected chi connectivity index (χ1v) is 12.4. The van der Waals surface area contributed by atoms with E-state index in [2.05, 4.69) is 30.7 Å². The minimum absolute atomic E-state index is 0.0517. The van der Waals surface area contributed by atoms with Crippen LogP contribution < -0.4 is 9.47 Å². The number of hydrogen-bond acceptors (Lipinski definition) is 5. The van der Waals surface area contributed by atoms with E-state index in [1.807, 2.05) is 73.7 Å². The molecule has 0 heterocycles. The van der Waals surface area contributed by atoms with Gasteiger partial charge in [-0.2, -0.15) is 0 Å². The molecule has 38 heavy (non-hydrogen) atoms. The highest BCUT2D eigenvalue weighted by Gasteiger charge is 2.46. The summed E-state index contributed by atoms with van der Waals surface area (Å²) in [5, 5.41) is 9.14. The monoisotopic (exact) mass is 506 g/mol. The number of hydrogen-bond donors (Lipinski definition) is 1. The molecule has 0 amide bonds. The number of rotatable bonds is 11. The van der Waals surface area contributed by atoms with Crippen molar-refractivity contribution in [3.05, 3.63) is 125 Å². The molecule has 1 N–H and O–H groups in total. The quantitative estimate of drug-likeness (QED) is 0.162. The standard InChI is InChI=1S/C33H30O5/c1-4-9-30-28(5-2)29-10-7-8-11-31(29)33(30,24-12-16-26(17-13-24)36-21-20-34)25-14-18-27(19-15-25)37-22-23-38-32(35)6-3/h2,4,6-19,34H,3,20-23H2,1H3/b9-4-. The smallest absolute Gasteiger partial charge is 0.330 e. The fourth-order valence-electron chi connectivity index (χ4n) is 4.95. The third-order valence-corrected chi connectivity index (χ3v) is 6.45. The summed E-state index contributed by atoms with van der Waals surface area (Å²) in [5.74, 6) is 3.81. The molecule has 1 unspecified atom stereocenters. The second-order valence-corrected chi connectivity index (χ2v) is 8.57. The maximum absolute atomic E-state index is 11.3. The zero-order valence-corrected chi connectivity index (χ0v) is 21.4. The van der Waals surface area contributed by atoms with Crippen LogP contribution in [0, 0.1) is 12.3 Å². The Morgan fingerprint density at radius 1 is 0.947 bits per heavy atom. The molecule has 1 aliphatic carbocycles. The molecule has 5 nitrogen and oxygen atoms in total. The van der Waals surface area contributed by atoms with Crippen molar-refractivity contribution in [2.75, 3.05) is 26.4 Å². The Bertz CT molecular complexity index is 1390. The van der Waals surface area contributed by atoms with Crippen LogP contribution in [0.3, 0.4) is 0 Å². The van der Waals surface area contributed by atoms with Crippen LogP contribution in [0.2, 0.25) is 0 Å². The van der Waals surface area contributed by atoms with Gasteiger partial charge in [0.25, 0.3) is 0 Å². The highest BCUT2D eigenvalue weighted by atomic mass is 16.6. The second kappa shape index (κ2) is 12.1. The van der Waals surface area contributed by atoms with Crippen LogP contribution in [0.25, 0.3) is 5.57 Å². The summed E-state index contributed by atoms with van der Waals surface area (Å²) in [5.41, 5.74) is 5.37. The lowest BCUT2D eigenvalue weighted by Crippen LogP contribution is -2.29. The van der Waals surface area contributed by atoms with E-state index in [0.717, 1.165) is 39.5 Å². The predicted molar refractivity (Wildman–Crippen MR) is 149 cm³/mol. The van der Waals surface area contributed by atoms with Crippen LogP contribution in [-0.2, 0) is 14.9 Å². The predicted octanol–water partition coefficient (Wildman–Crippen LogP) is 5.48. The molecule has 1 aliphatic rings. The molecule has 0 saturated heterocycles. The van der Waals surface area contributed by atoms with E-state index in [1.165, 1.54) is 0 Å².